The van der Waals surface area contributed by atoms with Gasteiger partial charge in [-0.2, -0.15) is 23.5 Å². The first kappa shape index (κ1) is 16.3. The molecule has 0 aromatic rings. The molecule has 0 unspecified atom stereocenters. The average molecular weight is 364 g/mol. The minimum atomic E-state index is -0.412. The van der Waals surface area contributed by atoms with Gasteiger partial charge in [-0.15, -0.1) is 0 Å². The quantitative estimate of drug-likeness (QED) is 0.555. The number of thioether (sulfide) groups is 2. The molecule has 0 N–H and O–H groups in total. The Morgan fingerprint density at radius 3 is 1.79 bits per heavy atom. The van der Waals surface area contributed by atoms with E-state index in [2.05, 4.69) is 23.5 Å². The Bertz CT molecular complexity index is 637. The van der Waals surface area contributed by atoms with Crippen molar-refractivity contribution in [2.75, 3.05) is 25.7 Å². The van der Waals surface area contributed by atoms with Crippen molar-refractivity contribution >= 4 is 35.5 Å². The van der Waals surface area contributed by atoms with Gasteiger partial charge >= 0.3 is 11.9 Å². The van der Waals surface area contributed by atoms with Crippen LogP contribution in [0.3, 0.4) is 0 Å². The molecule has 6 heteroatoms. The fourth-order valence-electron chi connectivity index (χ4n) is 4.39. The summed E-state index contributed by atoms with van der Waals surface area (Å²) in [5.74, 6) is 1.40. The van der Waals surface area contributed by atoms with Gasteiger partial charge in [-0.05, 0) is 18.4 Å². The molecule has 4 atom stereocenters. The van der Waals surface area contributed by atoms with E-state index in [-0.39, 0.29) is 11.8 Å². The van der Waals surface area contributed by atoms with Crippen molar-refractivity contribution in [3.63, 3.8) is 0 Å². The Hall–Kier alpha value is -1.14. The zero-order valence-corrected chi connectivity index (χ0v) is 15.4. The fourth-order valence-corrected chi connectivity index (χ4v) is 7.50. The summed E-state index contributed by atoms with van der Waals surface area (Å²) in [5.41, 5.74) is 3.64. The number of hydrogen-bond donors (Lipinski definition) is 0. The van der Waals surface area contributed by atoms with E-state index in [9.17, 15) is 9.59 Å². The van der Waals surface area contributed by atoms with Crippen molar-refractivity contribution in [2.24, 2.45) is 11.8 Å². The Labute approximate surface area is 150 Å². The minimum Gasteiger partial charge on any atom is -0.466 e. The number of allylic oxidation sites excluding steroid dienone is 4. The maximum absolute atomic E-state index is 12.3. The van der Waals surface area contributed by atoms with Crippen LogP contribution < -0.4 is 0 Å². The summed E-state index contributed by atoms with van der Waals surface area (Å²) in [7, 11) is 2.73. The van der Waals surface area contributed by atoms with E-state index in [4.69, 9.17) is 9.47 Å². The summed E-state index contributed by atoms with van der Waals surface area (Å²) in [4.78, 5) is 24.6. The first-order valence-electron chi connectivity index (χ1n) is 8.19. The number of ether oxygens (including phenoxy) is 2. The number of esters is 2. The third kappa shape index (κ3) is 2.37. The lowest BCUT2D eigenvalue weighted by atomic mass is 9.93. The van der Waals surface area contributed by atoms with Gasteiger partial charge in [-0.25, -0.2) is 9.59 Å². The van der Waals surface area contributed by atoms with Crippen LogP contribution in [0.5, 0.6) is 0 Å². The van der Waals surface area contributed by atoms with Gasteiger partial charge in [0.25, 0.3) is 0 Å². The van der Waals surface area contributed by atoms with Gasteiger partial charge in [0, 0.05) is 33.8 Å². The third-order valence-corrected chi connectivity index (χ3v) is 8.51. The molecule has 0 aromatic heterocycles. The number of fused-ring (bicyclic) bond motifs is 3. The Morgan fingerprint density at radius 1 is 0.917 bits per heavy atom. The molecule has 4 nitrogen and oxygen atoms in total. The molecule has 4 aliphatic rings. The molecule has 3 aliphatic carbocycles. The van der Waals surface area contributed by atoms with Crippen molar-refractivity contribution in [3.05, 3.63) is 34.4 Å². The summed E-state index contributed by atoms with van der Waals surface area (Å²) < 4.78 is 9.90. The first-order chi connectivity index (χ1) is 11.7. The average Bonchev–Trinajstić information content (AvgIpc) is 3.29. The van der Waals surface area contributed by atoms with Crippen molar-refractivity contribution < 1.29 is 19.1 Å². The predicted molar refractivity (Wildman–Crippen MR) is 95.9 cm³/mol. The zero-order chi connectivity index (χ0) is 16.8. The Kier molecular flexibility index (Phi) is 4.29. The van der Waals surface area contributed by atoms with Crippen molar-refractivity contribution in [2.45, 2.75) is 23.3 Å². The summed E-state index contributed by atoms with van der Waals surface area (Å²) in [5, 5.41) is 1.35. The number of methoxy groups -OCH3 is 2. The number of carbonyl (C=O) groups excluding carboxylic acids is 2. The summed E-state index contributed by atoms with van der Waals surface area (Å²) in [6.45, 7) is 0. The maximum Gasteiger partial charge on any atom is 0.335 e. The van der Waals surface area contributed by atoms with E-state index in [1.54, 1.807) is 0 Å². The fraction of sp³-hybridized carbons (Fsp3) is 0.556. The third-order valence-electron chi connectivity index (χ3n) is 5.35. The molecule has 0 radical (unpaired) electrons. The van der Waals surface area contributed by atoms with E-state index >= 15 is 0 Å². The van der Waals surface area contributed by atoms with Gasteiger partial charge in [0.15, 0.2) is 0 Å². The van der Waals surface area contributed by atoms with Crippen LogP contribution in [0.4, 0.5) is 0 Å². The normalized spacial score (nSPS) is 33.9. The molecule has 1 heterocycles. The lowest BCUT2D eigenvalue weighted by Crippen LogP contribution is -2.18. The van der Waals surface area contributed by atoms with Gasteiger partial charge in [-0.1, -0.05) is 17.7 Å². The second kappa shape index (κ2) is 6.30. The number of rotatable bonds is 2. The van der Waals surface area contributed by atoms with Crippen LogP contribution in [0.25, 0.3) is 0 Å². The summed E-state index contributed by atoms with van der Waals surface area (Å²) in [6.07, 6.45) is 6.26. The topological polar surface area (TPSA) is 52.6 Å². The second-order valence-electron chi connectivity index (χ2n) is 6.44. The molecular formula is C18H20O4S2. The van der Waals surface area contributed by atoms with E-state index in [1.165, 1.54) is 36.9 Å². The monoisotopic (exact) mass is 364 g/mol. The van der Waals surface area contributed by atoms with Crippen molar-refractivity contribution in [3.8, 4) is 0 Å². The van der Waals surface area contributed by atoms with Gasteiger partial charge in [0.1, 0.15) is 0 Å². The number of carbonyl (C=O) groups is 2. The molecule has 2 fully saturated rings. The zero-order valence-electron chi connectivity index (χ0n) is 13.7. The molecule has 1 aliphatic heterocycles. The molecule has 0 aromatic carbocycles. The second-order valence-corrected chi connectivity index (χ2v) is 9.13. The predicted octanol–water partition coefficient (Wildman–Crippen LogP) is 2.75. The summed E-state index contributed by atoms with van der Waals surface area (Å²) in [6, 6.07) is 0. The largest absolute Gasteiger partial charge is 0.466 e. The smallest absolute Gasteiger partial charge is 0.335 e. The molecule has 2 bridgehead atoms. The molecule has 24 heavy (non-hydrogen) atoms. The van der Waals surface area contributed by atoms with Crippen LogP contribution in [-0.2, 0) is 19.1 Å². The van der Waals surface area contributed by atoms with Crippen LogP contribution in [0.2, 0.25) is 0 Å². The van der Waals surface area contributed by atoms with E-state index in [0.29, 0.717) is 21.6 Å². The molecular weight excluding hydrogens is 344 g/mol. The van der Waals surface area contributed by atoms with Crippen LogP contribution >= 0.6 is 23.5 Å². The Morgan fingerprint density at radius 2 is 1.38 bits per heavy atom. The van der Waals surface area contributed by atoms with Gasteiger partial charge in [-0.3, -0.25) is 0 Å². The van der Waals surface area contributed by atoms with E-state index in [1.807, 2.05) is 12.2 Å². The standard InChI is InChI=1S/C18H20O4S2/c1-21-17(19)15-10-3-4-11(16(15)18(20)22-2)14(10)9-7-12-13(8-9)24-6-5-23-12/h3-4,10-13H,5-8H2,1-2H3/t10-,11-,12+,13+/m0/s1. The maximum atomic E-state index is 12.3. The van der Waals surface area contributed by atoms with Crippen LogP contribution in [-0.4, -0.2) is 48.2 Å². The highest BCUT2D eigenvalue weighted by molar-refractivity contribution is 8.07. The van der Waals surface area contributed by atoms with Crippen LogP contribution in [0, 0.1) is 11.8 Å². The molecule has 1 saturated heterocycles. The van der Waals surface area contributed by atoms with Gasteiger partial charge in [0.2, 0.25) is 0 Å². The Balaban J connectivity index is 1.72. The highest BCUT2D eigenvalue weighted by Gasteiger charge is 2.49. The molecule has 0 amide bonds. The van der Waals surface area contributed by atoms with Crippen molar-refractivity contribution in [1.29, 1.82) is 0 Å². The van der Waals surface area contributed by atoms with Crippen molar-refractivity contribution in [1.82, 2.24) is 0 Å². The van der Waals surface area contributed by atoms with Crippen LogP contribution in [0.1, 0.15) is 12.8 Å². The highest BCUT2D eigenvalue weighted by Crippen LogP contribution is 2.54. The van der Waals surface area contributed by atoms with Crippen LogP contribution in [0.15, 0.2) is 34.4 Å². The van der Waals surface area contributed by atoms with Gasteiger partial charge in [0.05, 0.1) is 25.4 Å². The minimum absolute atomic E-state index is 0.110. The lowest BCUT2D eigenvalue weighted by molar-refractivity contribution is -0.139. The lowest BCUT2D eigenvalue weighted by Gasteiger charge is -2.23. The molecule has 0 spiro atoms. The molecule has 1 saturated carbocycles. The highest BCUT2D eigenvalue weighted by atomic mass is 32.2. The van der Waals surface area contributed by atoms with Gasteiger partial charge < -0.3 is 9.47 Å². The SMILES string of the molecule is COC(=O)C1=C(C(=O)OC)[C@H]2C=C[C@H]1C2=C1C[C@H]2SCCS[C@@H]2C1. The molecule has 128 valence electrons. The molecule has 4 rings (SSSR count). The summed E-state index contributed by atoms with van der Waals surface area (Å²) >= 11 is 4.14. The number of hydrogen-bond acceptors (Lipinski definition) is 6. The van der Waals surface area contributed by atoms with E-state index < -0.39 is 11.9 Å². The van der Waals surface area contributed by atoms with E-state index in [0.717, 1.165) is 12.8 Å². The first-order valence-corrected chi connectivity index (χ1v) is 10.3.